The summed E-state index contributed by atoms with van der Waals surface area (Å²) in [5.74, 6) is -0.304. The summed E-state index contributed by atoms with van der Waals surface area (Å²) in [5.41, 5.74) is 2.67. The third-order valence-electron chi connectivity index (χ3n) is 3.83. The maximum absolute atomic E-state index is 11.6. The molecule has 0 aromatic rings. The molecule has 98 valence electrons. The van der Waals surface area contributed by atoms with E-state index in [1.807, 2.05) is 13.0 Å². The van der Waals surface area contributed by atoms with E-state index in [-0.39, 0.29) is 18.0 Å². The highest BCUT2D eigenvalue weighted by Gasteiger charge is 2.37. The van der Waals surface area contributed by atoms with Crippen LogP contribution in [0.4, 0.5) is 0 Å². The van der Waals surface area contributed by atoms with Crippen LogP contribution < -0.4 is 0 Å². The molecule has 0 aromatic heterocycles. The van der Waals surface area contributed by atoms with Gasteiger partial charge in [-0.2, -0.15) is 0 Å². The van der Waals surface area contributed by atoms with E-state index in [1.54, 1.807) is 0 Å². The number of aliphatic hydroxyl groups is 1. The molecule has 3 atom stereocenters. The van der Waals surface area contributed by atoms with Crippen LogP contribution in [-0.2, 0) is 9.53 Å². The molecule has 1 aliphatic carbocycles. The third-order valence-corrected chi connectivity index (χ3v) is 3.83. The fourth-order valence-corrected chi connectivity index (χ4v) is 2.45. The lowest BCUT2D eigenvalue weighted by atomic mass is 9.89. The minimum atomic E-state index is -0.459. The van der Waals surface area contributed by atoms with Crippen LogP contribution in [0.25, 0.3) is 0 Å². The van der Waals surface area contributed by atoms with Crippen LogP contribution in [0.1, 0.15) is 33.1 Å². The smallest absolute Gasteiger partial charge is 0.334 e. The second-order valence-electron chi connectivity index (χ2n) is 5.25. The number of fused-ring (bicyclic) bond motifs is 1. The second kappa shape index (κ2) is 5.11. The molecule has 0 radical (unpaired) electrons. The van der Waals surface area contributed by atoms with E-state index < -0.39 is 6.10 Å². The predicted octanol–water partition coefficient (Wildman–Crippen LogP) is 2.52. The molecule has 1 N–H and O–H groups in total. The summed E-state index contributed by atoms with van der Waals surface area (Å²) in [5, 5.41) is 10.0. The zero-order chi connectivity index (χ0) is 13.3. The van der Waals surface area contributed by atoms with Gasteiger partial charge in [0.1, 0.15) is 6.10 Å². The number of hydrogen-bond acceptors (Lipinski definition) is 3. The molecule has 2 aliphatic rings. The quantitative estimate of drug-likeness (QED) is 0.407. The lowest BCUT2D eigenvalue weighted by molar-refractivity contribution is -0.137. The van der Waals surface area contributed by atoms with E-state index in [0.717, 1.165) is 24.8 Å². The third kappa shape index (κ3) is 2.56. The Kier molecular flexibility index (Phi) is 3.71. The topological polar surface area (TPSA) is 46.5 Å². The first-order valence-electron chi connectivity index (χ1n) is 6.41. The number of esters is 1. The molecule has 0 saturated carbocycles. The Morgan fingerprint density at radius 3 is 2.89 bits per heavy atom. The van der Waals surface area contributed by atoms with Gasteiger partial charge in [-0.25, -0.2) is 4.79 Å². The van der Waals surface area contributed by atoms with Gasteiger partial charge in [-0.15, -0.1) is 0 Å². The van der Waals surface area contributed by atoms with Gasteiger partial charge in [0.2, 0.25) is 0 Å². The van der Waals surface area contributed by atoms with Crippen LogP contribution in [0.3, 0.4) is 0 Å². The fourth-order valence-electron chi connectivity index (χ4n) is 2.45. The molecule has 0 unspecified atom stereocenters. The van der Waals surface area contributed by atoms with E-state index in [4.69, 9.17) is 4.74 Å². The van der Waals surface area contributed by atoms with E-state index >= 15 is 0 Å². The Balaban J connectivity index is 2.31. The summed E-state index contributed by atoms with van der Waals surface area (Å²) in [6.45, 7) is 7.76. The number of ether oxygens (including phenoxy) is 1. The molecular formula is C15H20O3. The van der Waals surface area contributed by atoms with Crippen molar-refractivity contribution < 1.29 is 14.6 Å². The summed E-state index contributed by atoms with van der Waals surface area (Å²) in [4.78, 5) is 11.6. The number of carbonyl (C=O) groups is 1. The van der Waals surface area contributed by atoms with Crippen molar-refractivity contribution in [3.8, 4) is 0 Å². The molecule has 1 fully saturated rings. The summed E-state index contributed by atoms with van der Waals surface area (Å²) < 4.78 is 5.31. The zero-order valence-electron chi connectivity index (χ0n) is 11.0. The molecule has 3 nitrogen and oxygen atoms in total. The van der Waals surface area contributed by atoms with Gasteiger partial charge in [0.25, 0.3) is 0 Å². The highest BCUT2D eigenvalue weighted by atomic mass is 16.5. The second-order valence-corrected chi connectivity index (χ2v) is 5.25. The van der Waals surface area contributed by atoms with Gasteiger partial charge < -0.3 is 9.84 Å². The summed E-state index contributed by atoms with van der Waals surface area (Å²) in [6.07, 6.45) is 5.65. The van der Waals surface area contributed by atoms with Crippen molar-refractivity contribution in [2.75, 3.05) is 0 Å². The maximum Gasteiger partial charge on any atom is 0.334 e. The first-order valence-corrected chi connectivity index (χ1v) is 6.41. The van der Waals surface area contributed by atoms with Crippen LogP contribution in [0.15, 0.2) is 35.5 Å². The number of aliphatic hydroxyl groups excluding tert-OH is 1. The Hall–Kier alpha value is -1.35. The standard InChI is InChI=1S/C15H20O3/c1-9-4-6-12-11(3)15(17)18-14(12)8-10(2)13(16)7-5-9/h4,8,12-14,16H,3,5-7H2,1-2H3/b9-4+,10-8?/t12-,13+,14+/m1/s1. The number of hydrogen-bond donors (Lipinski definition) is 1. The Morgan fingerprint density at radius 2 is 2.17 bits per heavy atom. The highest BCUT2D eigenvalue weighted by molar-refractivity contribution is 5.91. The summed E-state index contributed by atoms with van der Waals surface area (Å²) in [6, 6.07) is 0. The van der Waals surface area contributed by atoms with Crippen LogP contribution in [0, 0.1) is 5.92 Å². The monoisotopic (exact) mass is 248 g/mol. The number of rotatable bonds is 0. The Bertz CT molecular complexity index is 431. The lowest BCUT2D eigenvalue weighted by Crippen LogP contribution is -2.18. The number of allylic oxidation sites excluding steroid dienone is 2. The zero-order valence-corrected chi connectivity index (χ0v) is 11.0. The normalized spacial score (nSPS) is 36.3. The van der Waals surface area contributed by atoms with Crippen molar-refractivity contribution in [2.24, 2.45) is 5.92 Å². The molecule has 1 saturated heterocycles. The van der Waals surface area contributed by atoms with E-state index in [2.05, 4.69) is 19.6 Å². The minimum Gasteiger partial charge on any atom is -0.454 e. The van der Waals surface area contributed by atoms with Gasteiger partial charge in [-0.3, -0.25) is 0 Å². The van der Waals surface area contributed by atoms with Crippen molar-refractivity contribution in [1.82, 2.24) is 0 Å². The Morgan fingerprint density at radius 1 is 1.44 bits per heavy atom. The van der Waals surface area contributed by atoms with Crippen molar-refractivity contribution in [3.05, 3.63) is 35.5 Å². The highest BCUT2D eigenvalue weighted by Crippen LogP contribution is 2.33. The molecule has 1 heterocycles. The average Bonchev–Trinajstić information content (AvgIpc) is 2.59. The van der Waals surface area contributed by atoms with Gasteiger partial charge in [-0.1, -0.05) is 18.2 Å². The van der Waals surface area contributed by atoms with Gasteiger partial charge in [0.15, 0.2) is 0 Å². The molecule has 0 aromatic carbocycles. The van der Waals surface area contributed by atoms with Gasteiger partial charge in [0.05, 0.1) is 6.10 Å². The molecule has 18 heavy (non-hydrogen) atoms. The van der Waals surface area contributed by atoms with E-state index in [9.17, 15) is 9.90 Å². The fraction of sp³-hybridized carbons (Fsp3) is 0.533. The lowest BCUT2D eigenvalue weighted by Gasteiger charge is -2.19. The van der Waals surface area contributed by atoms with E-state index in [0.29, 0.717) is 5.57 Å². The van der Waals surface area contributed by atoms with Gasteiger partial charge in [-0.05, 0) is 44.8 Å². The summed E-state index contributed by atoms with van der Waals surface area (Å²) >= 11 is 0. The van der Waals surface area contributed by atoms with Crippen molar-refractivity contribution in [2.45, 2.75) is 45.3 Å². The largest absolute Gasteiger partial charge is 0.454 e. The minimum absolute atomic E-state index is 0.00713. The molecule has 1 aliphatic heterocycles. The maximum atomic E-state index is 11.6. The number of carbonyl (C=O) groups excluding carboxylic acids is 1. The van der Waals surface area contributed by atoms with Crippen LogP contribution >= 0.6 is 0 Å². The molecule has 0 bridgehead atoms. The molecular weight excluding hydrogens is 228 g/mol. The first-order chi connectivity index (χ1) is 8.49. The average molecular weight is 248 g/mol. The van der Waals surface area contributed by atoms with Crippen molar-refractivity contribution in [3.63, 3.8) is 0 Å². The SMILES string of the molecule is C=C1C(=O)O[C@H]2C=C(C)[C@@H](O)CC/C(C)=C/C[C@H]12. The molecule has 3 heteroatoms. The molecule has 0 spiro atoms. The van der Waals surface area contributed by atoms with Crippen LogP contribution in [0.5, 0.6) is 0 Å². The molecule has 2 rings (SSSR count). The van der Waals surface area contributed by atoms with Crippen LogP contribution in [0.2, 0.25) is 0 Å². The van der Waals surface area contributed by atoms with Crippen molar-refractivity contribution in [1.29, 1.82) is 0 Å². The van der Waals surface area contributed by atoms with Gasteiger partial charge >= 0.3 is 5.97 Å². The first kappa shape index (κ1) is 13.1. The predicted molar refractivity (Wildman–Crippen MR) is 69.9 cm³/mol. The molecule has 0 amide bonds. The van der Waals surface area contributed by atoms with Gasteiger partial charge in [0, 0.05) is 11.5 Å². The van der Waals surface area contributed by atoms with E-state index in [1.165, 1.54) is 5.57 Å². The van der Waals surface area contributed by atoms with Crippen LogP contribution in [-0.4, -0.2) is 23.3 Å². The summed E-state index contributed by atoms with van der Waals surface area (Å²) in [7, 11) is 0. The van der Waals surface area contributed by atoms with Crippen molar-refractivity contribution >= 4 is 5.97 Å². The Labute approximate surface area is 108 Å².